The number of ether oxygens (including phenoxy) is 1. The number of hydrogen-bond acceptors (Lipinski definition) is 5. The molecule has 2 aromatic rings. The van der Waals surface area contributed by atoms with Crippen molar-refractivity contribution in [3.05, 3.63) is 46.2 Å². The van der Waals surface area contributed by atoms with E-state index in [-0.39, 0.29) is 16.6 Å². The van der Waals surface area contributed by atoms with Crippen molar-refractivity contribution in [1.82, 2.24) is 5.32 Å². The van der Waals surface area contributed by atoms with Crippen molar-refractivity contribution in [3.63, 3.8) is 0 Å². The van der Waals surface area contributed by atoms with Crippen molar-refractivity contribution in [2.24, 2.45) is 0 Å². The zero-order valence-corrected chi connectivity index (χ0v) is 14.0. The van der Waals surface area contributed by atoms with Gasteiger partial charge < -0.3 is 10.1 Å². The van der Waals surface area contributed by atoms with Crippen LogP contribution in [0.3, 0.4) is 0 Å². The summed E-state index contributed by atoms with van der Waals surface area (Å²) in [4.78, 5) is 13.3. The van der Waals surface area contributed by atoms with Crippen LogP contribution >= 0.6 is 11.3 Å². The fourth-order valence-electron chi connectivity index (χ4n) is 1.96. The predicted octanol–water partition coefficient (Wildman–Crippen LogP) is 2.13. The second-order valence-electron chi connectivity index (χ2n) is 4.72. The Kier molecular flexibility index (Phi) is 5.20. The number of methoxy groups -OCH3 is 1. The van der Waals surface area contributed by atoms with Crippen LogP contribution in [0.15, 0.2) is 40.6 Å². The maximum atomic E-state index is 12.1. The van der Waals surface area contributed by atoms with Crippen molar-refractivity contribution >= 4 is 27.1 Å². The average Bonchev–Trinajstić information content (AvgIpc) is 2.98. The summed E-state index contributed by atoms with van der Waals surface area (Å²) in [7, 11) is -2.07. The molecule has 0 aliphatic carbocycles. The third kappa shape index (κ3) is 4.08. The van der Waals surface area contributed by atoms with Crippen LogP contribution < -0.4 is 10.1 Å². The molecule has 1 N–H and O–H groups in total. The first-order valence-corrected chi connectivity index (χ1v) is 9.37. The lowest BCUT2D eigenvalue weighted by Crippen LogP contribution is -2.25. The second-order valence-corrected chi connectivity index (χ2v) is 7.74. The Morgan fingerprint density at radius 2 is 2.09 bits per heavy atom. The van der Waals surface area contributed by atoms with Crippen LogP contribution in [-0.2, 0) is 16.3 Å². The van der Waals surface area contributed by atoms with E-state index >= 15 is 0 Å². The van der Waals surface area contributed by atoms with E-state index in [0.29, 0.717) is 12.1 Å². The molecule has 0 spiro atoms. The highest BCUT2D eigenvalue weighted by Crippen LogP contribution is 2.24. The van der Waals surface area contributed by atoms with Crippen LogP contribution in [-0.4, -0.2) is 34.2 Å². The molecule has 7 heteroatoms. The van der Waals surface area contributed by atoms with Crippen LogP contribution in [0.25, 0.3) is 0 Å². The van der Waals surface area contributed by atoms with Crippen LogP contribution in [0.1, 0.15) is 15.2 Å². The topological polar surface area (TPSA) is 72.5 Å². The van der Waals surface area contributed by atoms with Gasteiger partial charge in [-0.1, -0.05) is 6.07 Å². The SMILES string of the molecule is COc1ccc(C(=O)NCCc2cccs2)cc1S(C)(=O)=O. The summed E-state index contributed by atoms with van der Waals surface area (Å²) in [5, 5.41) is 4.77. The Morgan fingerprint density at radius 3 is 2.68 bits per heavy atom. The van der Waals surface area contributed by atoms with Crippen molar-refractivity contribution in [1.29, 1.82) is 0 Å². The first-order chi connectivity index (χ1) is 10.4. The minimum absolute atomic E-state index is 0.0147. The number of carbonyl (C=O) groups excluding carboxylic acids is 1. The number of benzene rings is 1. The molecule has 0 atom stereocenters. The van der Waals surface area contributed by atoms with Gasteiger partial charge in [-0.25, -0.2) is 8.42 Å². The van der Waals surface area contributed by atoms with Crippen molar-refractivity contribution in [2.45, 2.75) is 11.3 Å². The molecule has 0 unspecified atom stereocenters. The summed E-state index contributed by atoms with van der Waals surface area (Å²) in [5.74, 6) is -0.0678. The molecule has 5 nitrogen and oxygen atoms in total. The van der Waals surface area contributed by atoms with E-state index in [2.05, 4.69) is 5.32 Å². The number of hydrogen-bond donors (Lipinski definition) is 1. The maximum Gasteiger partial charge on any atom is 0.251 e. The van der Waals surface area contributed by atoms with Crippen molar-refractivity contribution in [2.75, 3.05) is 19.9 Å². The van der Waals surface area contributed by atoms with E-state index in [1.807, 2.05) is 17.5 Å². The van der Waals surface area contributed by atoms with E-state index in [1.165, 1.54) is 24.1 Å². The molecule has 0 bridgehead atoms. The molecule has 0 fully saturated rings. The molecule has 1 amide bonds. The summed E-state index contributed by atoms with van der Waals surface area (Å²) in [6, 6.07) is 8.35. The highest BCUT2D eigenvalue weighted by Gasteiger charge is 2.17. The molecule has 22 heavy (non-hydrogen) atoms. The quantitative estimate of drug-likeness (QED) is 0.875. The van der Waals surface area contributed by atoms with E-state index < -0.39 is 9.84 Å². The van der Waals surface area contributed by atoms with Gasteiger partial charge in [-0.15, -0.1) is 11.3 Å². The molecule has 0 saturated carbocycles. The molecule has 2 rings (SSSR count). The number of nitrogens with one attached hydrogen (secondary N) is 1. The lowest BCUT2D eigenvalue weighted by atomic mass is 10.2. The van der Waals surface area contributed by atoms with Crippen LogP contribution in [0.5, 0.6) is 5.75 Å². The lowest BCUT2D eigenvalue weighted by Gasteiger charge is -2.09. The Labute approximate surface area is 133 Å². The Hall–Kier alpha value is -1.86. The summed E-state index contributed by atoms with van der Waals surface area (Å²) < 4.78 is 28.5. The highest BCUT2D eigenvalue weighted by molar-refractivity contribution is 7.90. The normalized spacial score (nSPS) is 11.2. The van der Waals surface area contributed by atoms with E-state index in [0.717, 1.165) is 12.7 Å². The molecule has 1 heterocycles. The third-order valence-corrected chi connectivity index (χ3v) is 5.12. The predicted molar refractivity (Wildman–Crippen MR) is 86.5 cm³/mol. The monoisotopic (exact) mass is 339 g/mol. The Balaban J connectivity index is 2.09. The smallest absolute Gasteiger partial charge is 0.251 e. The van der Waals surface area contributed by atoms with Gasteiger partial charge in [0.25, 0.3) is 5.91 Å². The second kappa shape index (κ2) is 6.93. The van der Waals surface area contributed by atoms with Gasteiger partial charge in [0.2, 0.25) is 0 Å². The molecule has 0 aliphatic heterocycles. The van der Waals surface area contributed by atoms with Gasteiger partial charge in [-0.3, -0.25) is 4.79 Å². The van der Waals surface area contributed by atoms with Gasteiger partial charge in [0.1, 0.15) is 10.6 Å². The van der Waals surface area contributed by atoms with Crippen LogP contribution in [0.4, 0.5) is 0 Å². The highest BCUT2D eigenvalue weighted by atomic mass is 32.2. The molecule has 1 aromatic heterocycles. The lowest BCUT2D eigenvalue weighted by molar-refractivity contribution is 0.0954. The molecule has 0 saturated heterocycles. The van der Waals surface area contributed by atoms with Crippen molar-refractivity contribution in [3.8, 4) is 5.75 Å². The summed E-state index contributed by atoms with van der Waals surface area (Å²) >= 11 is 1.63. The zero-order valence-electron chi connectivity index (χ0n) is 12.3. The Bertz CT molecular complexity index is 752. The molecular weight excluding hydrogens is 322 g/mol. The van der Waals surface area contributed by atoms with Gasteiger partial charge in [-0.2, -0.15) is 0 Å². The molecule has 1 aromatic carbocycles. The van der Waals surface area contributed by atoms with Gasteiger partial charge in [0, 0.05) is 23.2 Å². The van der Waals surface area contributed by atoms with Gasteiger partial charge in [0.05, 0.1) is 7.11 Å². The first kappa shape index (κ1) is 16.5. The molecule has 118 valence electrons. The number of amides is 1. The standard InChI is InChI=1S/C15H17NO4S2/c1-20-13-6-5-11(10-14(13)22(2,18)19)15(17)16-8-7-12-4-3-9-21-12/h3-6,9-10H,7-8H2,1-2H3,(H,16,17). The molecule has 0 radical (unpaired) electrons. The van der Waals surface area contributed by atoms with Gasteiger partial charge in [-0.05, 0) is 36.1 Å². The summed E-state index contributed by atoms with van der Waals surface area (Å²) in [6.07, 6.45) is 1.84. The minimum Gasteiger partial charge on any atom is -0.495 e. The zero-order chi connectivity index (χ0) is 16.2. The van der Waals surface area contributed by atoms with E-state index in [4.69, 9.17) is 4.74 Å². The summed E-state index contributed by atoms with van der Waals surface area (Å²) in [6.45, 7) is 0.500. The van der Waals surface area contributed by atoms with Gasteiger partial charge >= 0.3 is 0 Å². The first-order valence-electron chi connectivity index (χ1n) is 6.60. The van der Waals surface area contributed by atoms with Crippen molar-refractivity contribution < 1.29 is 17.9 Å². The summed E-state index contributed by atoms with van der Waals surface area (Å²) in [5.41, 5.74) is 0.299. The average molecular weight is 339 g/mol. The van der Waals surface area contributed by atoms with Gasteiger partial charge in [0.15, 0.2) is 9.84 Å². The fourth-order valence-corrected chi connectivity index (χ4v) is 3.53. The van der Waals surface area contributed by atoms with Crippen LogP contribution in [0.2, 0.25) is 0 Å². The number of rotatable bonds is 6. The molecular formula is C15H17NO4S2. The molecule has 0 aliphatic rings. The van der Waals surface area contributed by atoms with E-state index in [9.17, 15) is 13.2 Å². The maximum absolute atomic E-state index is 12.1. The minimum atomic E-state index is -3.46. The Morgan fingerprint density at radius 1 is 1.32 bits per heavy atom. The largest absolute Gasteiger partial charge is 0.495 e. The number of carbonyl (C=O) groups is 1. The fraction of sp³-hybridized carbons (Fsp3) is 0.267. The number of sulfone groups is 1. The van der Waals surface area contributed by atoms with Crippen LogP contribution in [0, 0.1) is 0 Å². The van der Waals surface area contributed by atoms with E-state index in [1.54, 1.807) is 17.4 Å². The number of thiophene rings is 1. The third-order valence-electron chi connectivity index (χ3n) is 3.06.